The fourth-order valence-corrected chi connectivity index (χ4v) is 1.68. The smallest absolute Gasteiger partial charge is 0.0639 e. The van der Waals surface area contributed by atoms with Crippen LogP contribution < -0.4 is 0 Å². The number of alkyl halides is 1. The zero-order valence-electron chi connectivity index (χ0n) is 8.42. The lowest BCUT2D eigenvalue weighted by molar-refractivity contribution is 0.767. The quantitative estimate of drug-likeness (QED) is 0.608. The van der Waals surface area contributed by atoms with Crippen molar-refractivity contribution < 1.29 is 0 Å². The standard InChI is InChI=1S/C13H13Cl/c1-13(2,14)12-8-7-10-5-3-4-6-11(10)9-12/h3-9H,1-2H3. The molecule has 2 aromatic rings. The van der Waals surface area contributed by atoms with E-state index in [1.165, 1.54) is 10.8 Å². The highest BCUT2D eigenvalue weighted by atomic mass is 35.5. The molecule has 0 N–H and O–H groups in total. The molecule has 0 unspecified atom stereocenters. The Kier molecular flexibility index (Phi) is 2.24. The highest BCUT2D eigenvalue weighted by Gasteiger charge is 2.15. The summed E-state index contributed by atoms with van der Waals surface area (Å²) in [5.74, 6) is 0. The Labute approximate surface area is 89.5 Å². The van der Waals surface area contributed by atoms with E-state index < -0.39 is 0 Å². The predicted octanol–water partition coefficient (Wildman–Crippen LogP) is 4.31. The molecule has 72 valence electrons. The second-order valence-corrected chi connectivity index (χ2v) is 4.98. The first kappa shape index (κ1) is 9.54. The Morgan fingerprint density at radius 1 is 0.929 bits per heavy atom. The number of halogens is 1. The molecule has 0 fully saturated rings. The van der Waals surface area contributed by atoms with E-state index in [2.05, 4.69) is 30.3 Å². The molecule has 0 aliphatic heterocycles. The SMILES string of the molecule is CC(C)(Cl)c1ccc2ccccc2c1. The van der Waals surface area contributed by atoms with Crippen LogP contribution in [-0.4, -0.2) is 0 Å². The number of hydrogen-bond donors (Lipinski definition) is 0. The molecule has 0 saturated carbocycles. The number of rotatable bonds is 1. The Hall–Kier alpha value is -1.01. The second-order valence-electron chi connectivity index (χ2n) is 4.03. The first-order chi connectivity index (χ1) is 6.57. The van der Waals surface area contributed by atoms with E-state index in [1.807, 2.05) is 26.0 Å². The van der Waals surface area contributed by atoms with Crippen LogP contribution in [0, 0.1) is 0 Å². The van der Waals surface area contributed by atoms with Crippen molar-refractivity contribution in [1.29, 1.82) is 0 Å². The maximum absolute atomic E-state index is 6.26. The predicted molar refractivity (Wildman–Crippen MR) is 62.8 cm³/mol. The summed E-state index contributed by atoms with van der Waals surface area (Å²) in [5.41, 5.74) is 1.16. The molecule has 0 aliphatic rings. The summed E-state index contributed by atoms with van der Waals surface area (Å²) in [5, 5.41) is 2.51. The average molecular weight is 205 g/mol. The van der Waals surface area contributed by atoms with E-state index in [9.17, 15) is 0 Å². The molecule has 0 nitrogen and oxygen atoms in total. The topological polar surface area (TPSA) is 0 Å². The third kappa shape index (κ3) is 1.76. The van der Waals surface area contributed by atoms with Gasteiger partial charge < -0.3 is 0 Å². The second kappa shape index (κ2) is 3.29. The molecule has 0 aliphatic carbocycles. The van der Waals surface area contributed by atoms with Gasteiger partial charge in [0.15, 0.2) is 0 Å². The van der Waals surface area contributed by atoms with Crippen molar-refractivity contribution in [2.24, 2.45) is 0 Å². The summed E-state index contributed by atoms with van der Waals surface area (Å²) in [6.45, 7) is 4.03. The van der Waals surface area contributed by atoms with Gasteiger partial charge in [-0.1, -0.05) is 36.4 Å². The molecule has 0 aromatic heterocycles. The Balaban J connectivity index is 2.63. The summed E-state index contributed by atoms with van der Waals surface area (Å²) in [6.07, 6.45) is 0. The number of hydrogen-bond acceptors (Lipinski definition) is 0. The van der Waals surface area contributed by atoms with Gasteiger partial charge in [-0.15, -0.1) is 11.6 Å². The van der Waals surface area contributed by atoms with Gasteiger partial charge >= 0.3 is 0 Å². The third-order valence-electron chi connectivity index (χ3n) is 2.44. The van der Waals surface area contributed by atoms with Crippen LogP contribution in [0.5, 0.6) is 0 Å². The van der Waals surface area contributed by atoms with Crippen LogP contribution in [0.2, 0.25) is 0 Å². The van der Waals surface area contributed by atoms with Crippen molar-refractivity contribution in [1.82, 2.24) is 0 Å². The van der Waals surface area contributed by atoms with Gasteiger partial charge in [-0.05, 0) is 36.2 Å². The fourth-order valence-electron chi connectivity index (χ4n) is 1.56. The van der Waals surface area contributed by atoms with E-state index in [0.717, 1.165) is 5.56 Å². The van der Waals surface area contributed by atoms with Gasteiger partial charge in [-0.3, -0.25) is 0 Å². The number of fused-ring (bicyclic) bond motifs is 1. The number of benzene rings is 2. The summed E-state index contributed by atoms with van der Waals surface area (Å²) in [7, 11) is 0. The Bertz CT molecular complexity index is 452. The molecule has 0 heterocycles. The molecule has 0 amide bonds. The zero-order chi connectivity index (χ0) is 10.2. The molecule has 1 heteroatoms. The van der Waals surface area contributed by atoms with Gasteiger partial charge in [0.1, 0.15) is 0 Å². The maximum atomic E-state index is 6.26. The lowest BCUT2D eigenvalue weighted by Gasteiger charge is -2.16. The molecule has 0 bridgehead atoms. The normalized spacial score (nSPS) is 11.9. The molecule has 0 radical (unpaired) electrons. The largest absolute Gasteiger partial charge is 0.115 e. The van der Waals surface area contributed by atoms with E-state index in [4.69, 9.17) is 11.6 Å². The van der Waals surface area contributed by atoms with Gasteiger partial charge in [0.05, 0.1) is 4.87 Å². The van der Waals surface area contributed by atoms with E-state index >= 15 is 0 Å². The average Bonchev–Trinajstić information content (AvgIpc) is 2.16. The minimum Gasteiger partial charge on any atom is -0.115 e. The minimum absolute atomic E-state index is 0.288. The van der Waals surface area contributed by atoms with Crippen LogP contribution in [0.15, 0.2) is 42.5 Å². The van der Waals surface area contributed by atoms with Gasteiger partial charge in [-0.2, -0.15) is 0 Å². The first-order valence-corrected chi connectivity index (χ1v) is 5.13. The fraction of sp³-hybridized carbons (Fsp3) is 0.231. The highest BCUT2D eigenvalue weighted by Crippen LogP contribution is 2.29. The molecule has 14 heavy (non-hydrogen) atoms. The van der Waals surface area contributed by atoms with Crippen LogP contribution >= 0.6 is 11.6 Å². The summed E-state index contributed by atoms with van der Waals surface area (Å²) >= 11 is 6.26. The van der Waals surface area contributed by atoms with E-state index in [0.29, 0.717) is 0 Å². The minimum atomic E-state index is -0.288. The lowest BCUT2D eigenvalue weighted by Crippen LogP contribution is -2.06. The summed E-state index contributed by atoms with van der Waals surface area (Å²) in [6, 6.07) is 14.7. The van der Waals surface area contributed by atoms with Crippen molar-refractivity contribution >= 4 is 22.4 Å². The first-order valence-electron chi connectivity index (χ1n) is 4.75. The van der Waals surface area contributed by atoms with Gasteiger partial charge in [-0.25, -0.2) is 0 Å². The summed E-state index contributed by atoms with van der Waals surface area (Å²) < 4.78 is 0. The van der Waals surface area contributed by atoms with Crippen molar-refractivity contribution in [2.75, 3.05) is 0 Å². The zero-order valence-corrected chi connectivity index (χ0v) is 9.18. The van der Waals surface area contributed by atoms with Gasteiger partial charge in [0, 0.05) is 0 Å². The van der Waals surface area contributed by atoms with E-state index in [-0.39, 0.29) is 4.87 Å². The molecule has 0 saturated heterocycles. The van der Waals surface area contributed by atoms with E-state index in [1.54, 1.807) is 0 Å². The highest BCUT2D eigenvalue weighted by molar-refractivity contribution is 6.23. The van der Waals surface area contributed by atoms with Crippen LogP contribution in [0.25, 0.3) is 10.8 Å². The Morgan fingerprint density at radius 3 is 2.21 bits per heavy atom. The maximum Gasteiger partial charge on any atom is 0.0639 e. The van der Waals surface area contributed by atoms with Crippen molar-refractivity contribution in [2.45, 2.75) is 18.7 Å². The third-order valence-corrected chi connectivity index (χ3v) is 2.65. The van der Waals surface area contributed by atoms with Crippen LogP contribution in [0.3, 0.4) is 0 Å². The van der Waals surface area contributed by atoms with Gasteiger partial charge in [0.25, 0.3) is 0 Å². The summed E-state index contributed by atoms with van der Waals surface area (Å²) in [4.78, 5) is -0.288. The molecular weight excluding hydrogens is 192 g/mol. The van der Waals surface area contributed by atoms with Gasteiger partial charge in [0.2, 0.25) is 0 Å². The monoisotopic (exact) mass is 204 g/mol. The van der Waals surface area contributed by atoms with Crippen LogP contribution in [-0.2, 0) is 4.87 Å². The molecule has 0 spiro atoms. The van der Waals surface area contributed by atoms with Crippen molar-refractivity contribution in [3.63, 3.8) is 0 Å². The Morgan fingerprint density at radius 2 is 1.57 bits per heavy atom. The molecule has 2 rings (SSSR count). The molecule has 2 aromatic carbocycles. The van der Waals surface area contributed by atoms with Crippen LogP contribution in [0.1, 0.15) is 19.4 Å². The molecule has 0 atom stereocenters. The van der Waals surface area contributed by atoms with Crippen molar-refractivity contribution in [3.05, 3.63) is 48.0 Å². The lowest BCUT2D eigenvalue weighted by atomic mass is 9.99. The van der Waals surface area contributed by atoms with Crippen LogP contribution in [0.4, 0.5) is 0 Å². The van der Waals surface area contributed by atoms with Crippen molar-refractivity contribution in [3.8, 4) is 0 Å². The molecular formula is C13H13Cl.